The molecule has 0 bridgehead atoms. The molecule has 9 heteroatoms. The van der Waals surface area contributed by atoms with Crippen molar-refractivity contribution in [2.24, 2.45) is 5.92 Å². The second kappa shape index (κ2) is 10.6. The van der Waals surface area contributed by atoms with Gasteiger partial charge in [-0.3, -0.25) is 4.79 Å². The van der Waals surface area contributed by atoms with E-state index >= 15 is 0 Å². The van der Waals surface area contributed by atoms with Crippen molar-refractivity contribution >= 4 is 5.97 Å². The number of rotatable bonds is 7. The van der Waals surface area contributed by atoms with E-state index in [1.165, 1.54) is 7.11 Å². The van der Waals surface area contributed by atoms with Gasteiger partial charge in [0.2, 0.25) is 6.79 Å². The first kappa shape index (κ1) is 25.5. The number of aliphatic hydroxyl groups is 1. The number of aromatic hydroxyl groups is 1. The van der Waals surface area contributed by atoms with Gasteiger partial charge in [0.15, 0.2) is 11.5 Å². The number of phenolic OH excluding ortho intramolecular Hbond substituents is 1. The normalized spacial score (nSPS) is 19.5. The predicted molar refractivity (Wildman–Crippen MR) is 121 cm³/mol. The minimum Gasteiger partial charge on any atom is -0.508 e. The van der Waals surface area contributed by atoms with Crippen LogP contribution in [-0.4, -0.2) is 48.4 Å². The van der Waals surface area contributed by atoms with Crippen molar-refractivity contribution in [3.63, 3.8) is 0 Å². The molecule has 3 aromatic carbocycles. The van der Waals surface area contributed by atoms with Crippen LogP contribution in [0.4, 0.5) is 0 Å². The van der Waals surface area contributed by atoms with Gasteiger partial charge in [-0.05, 0) is 47.0 Å². The maximum absolute atomic E-state index is 12.8. The molecule has 35 heavy (non-hydrogen) atoms. The number of carboxylic acid groups (broad SMARTS) is 1. The van der Waals surface area contributed by atoms with Gasteiger partial charge >= 0.3 is 5.97 Å². The van der Waals surface area contributed by atoms with Gasteiger partial charge in [-0.1, -0.05) is 18.2 Å². The third kappa shape index (κ3) is 4.67. The quantitative estimate of drug-likeness (QED) is 0.376. The zero-order valence-corrected chi connectivity index (χ0v) is 22.7. The summed E-state index contributed by atoms with van der Waals surface area (Å²) >= 11 is 0. The molecule has 0 amide bonds. The summed E-state index contributed by atoms with van der Waals surface area (Å²) in [4.78, 5) is 12.8. The van der Waals surface area contributed by atoms with E-state index in [1.54, 1.807) is 42.5 Å². The summed E-state index contributed by atoms with van der Waals surface area (Å²) in [6.07, 6.45) is 0. The minimum atomic E-state index is -0.979. The Balaban J connectivity index is 0.00000289. The number of methoxy groups -OCH3 is 1. The molecule has 179 valence electrons. The maximum atomic E-state index is 12.8. The molecule has 0 spiro atoms. The Kier molecular flexibility index (Phi) is 7.74. The molecule has 1 aliphatic carbocycles. The fourth-order valence-corrected chi connectivity index (χ4v) is 5.01. The van der Waals surface area contributed by atoms with Crippen LogP contribution in [0.2, 0.25) is 0 Å². The van der Waals surface area contributed by atoms with Crippen LogP contribution in [0.3, 0.4) is 0 Å². The van der Waals surface area contributed by atoms with Gasteiger partial charge in [0.05, 0.1) is 19.6 Å². The van der Waals surface area contributed by atoms with Gasteiger partial charge < -0.3 is 34.3 Å². The monoisotopic (exact) mass is 605 g/mol. The predicted octanol–water partition coefficient (Wildman–Crippen LogP) is 3.48. The third-order valence-electron chi connectivity index (χ3n) is 6.40. The van der Waals surface area contributed by atoms with Gasteiger partial charge in [-0.15, -0.1) is 0 Å². The summed E-state index contributed by atoms with van der Waals surface area (Å²) in [6.45, 7) is -0.0275. The van der Waals surface area contributed by atoms with Gasteiger partial charge in [-0.25, -0.2) is 0 Å². The Hall–Kier alpha value is -2.55. The van der Waals surface area contributed by atoms with Crippen LogP contribution in [-0.2, 0) is 4.79 Å². The molecule has 8 nitrogen and oxygen atoms in total. The fraction of sp³-hybridized carbons (Fsp3) is 0.269. The van der Waals surface area contributed by atoms with Crippen molar-refractivity contribution in [2.45, 2.75) is 11.8 Å². The average Bonchev–Trinajstić information content (AvgIpc) is 3.44. The molecule has 0 saturated carbocycles. The molecular weight excluding hydrogens is 581 g/mol. The van der Waals surface area contributed by atoms with Crippen LogP contribution in [0.15, 0.2) is 54.6 Å². The smallest absolute Gasteiger partial charge is 0.308 e. The van der Waals surface area contributed by atoms with E-state index in [1.807, 2.05) is 12.1 Å². The molecule has 0 fully saturated rings. The van der Waals surface area contributed by atoms with E-state index in [0.717, 1.165) is 11.1 Å². The van der Waals surface area contributed by atoms with Gasteiger partial charge in [-0.2, -0.15) is 0 Å². The summed E-state index contributed by atoms with van der Waals surface area (Å²) in [7, 11) is 1.53. The summed E-state index contributed by atoms with van der Waals surface area (Å²) in [5.74, 6) is -0.780. The van der Waals surface area contributed by atoms with Crippen LogP contribution in [0.1, 0.15) is 34.1 Å². The summed E-state index contributed by atoms with van der Waals surface area (Å²) in [6, 6.07) is 15.6. The van der Waals surface area contributed by atoms with Gasteiger partial charge in [0, 0.05) is 64.8 Å². The largest absolute Gasteiger partial charge is 0.508 e. The number of phenols is 1. The molecule has 5 rings (SSSR count). The summed E-state index contributed by atoms with van der Waals surface area (Å²) < 4.78 is 22.1. The Bertz CT molecular complexity index is 1240. The van der Waals surface area contributed by atoms with Crippen LogP contribution in [0.5, 0.6) is 28.7 Å². The first-order valence-corrected chi connectivity index (χ1v) is 10.9. The number of carboxylic acids is 1. The van der Waals surface area contributed by atoms with Crippen LogP contribution >= 0.6 is 0 Å². The van der Waals surface area contributed by atoms with E-state index in [-0.39, 0.29) is 67.0 Å². The molecule has 3 N–H and O–H groups in total. The average molecular weight is 605 g/mol. The Morgan fingerprint density at radius 2 is 1.74 bits per heavy atom. The molecule has 1 aliphatic heterocycles. The molecule has 0 saturated heterocycles. The second-order valence-corrected chi connectivity index (χ2v) is 8.22. The molecule has 2 aliphatic rings. The number of hydrogen-bond acceptors (Lipinski definition) is 7. The first-order chi connectivity index (χ1) is 16.5. The second-order valence-electron chi connectivity index (χ2n) is 8.22. The van der Waals surface area contributed by atoms with Crippen molar-refractivity contribution in [3.8, 4) is 28.7 Å². The number of aliphatic hydroxyl groups excluding tert-OH is 1. The number of hydrogen-bond donors (Lipinski definition) is 3. The van der Waals surface area contributed by atoms with Gasteiger partial charge in [0.25, 0.3) is 0 Å². The molecule has 3 atom stereocenters. The van der Waals surface area contributed by atoms with E-state index in [4.69, 9.17) is 18.9 Å². The van der Waals surface area contributed by atoms with E-state index in [9.17, 15) is 20.1 Å². The van der Waals surface area contributed by atoms with Crippen molar-refractivity contribution in [3.05, 3.63) is 76.9 Å². The zero-order chi connectivity index (χ0) is 23.8. The standard InChI is InChI=1S/C26H24O8.Pr/c1-31-16-4-6-18(21(12-16)32-9-8-27)24-19-11-15(28)3-5-17(19)23(25(24)26(29)30)14-2-7-20-22(10-14)34-13-33-20;/h2-7,10-12,23-25,27-28H,8-9,13H2,1H3,(H,29,30);. The molecule has 1 radical (unpaired) electrons. The van der Waals surface area contributed by atoms with E-state index in [2.05, 4.69) is 0 Å². The van der Waals surface area contributed by atoms with Gasteiger partial charge in [0.1, 0.15) is 23.9 Å². The fourth-order valence-electron chi connectivity index (χ4n) is 5.01. The zero-order valence-electron chi connectivity index (χ0n) is 19.0. The van der Waals surface area contributed by atoms with Crippen LogP contribution < -0.4 is 18.9 Å². The van der Waals surface area contributed by atoms with Crippen LogP contribution in [0, 0.1) is 47.2 Å². The van der Waals surface area contributed by atoms with Crippen LogP contribution in [0.25, 0.3) is 0 Å². The molecule has 0 aromatic heterocycles. The van der Waals surface area contributed by atoms with E-state index < -0.39 is 23.7 Å². The minimum absolute atomic E-state index is 0. The first-order valence-electron chi connectivity index (χ1n) is 10.9. The third-order valence-corrected chi connectivity index (χ3v) is 6.40. The Labute approximate surface area is 235 Å². The number of benzene rings is 3. The Morgan fingerprint density at radius 1 is 0.971 bits per heavy atom. The molecular formula is C26H24O8Pr. The number of ether oxygens (including phenoxy) is 4. The number of fused-ring (bicyclic) bond motifs is 2. The number of aliphatic carboxylic acids is 1. The molecule has 3 unspecified atom stereocenters. The topological polar surface area (TPSA) is 115 Å². The molecule has 1 heterocycles. The SMILES string of the molecule is COc1ccc(C2c3cc(O)ccc3C(c3ccc4c(c3)OCO4)C2C(=O)O)c(OCCO)c1.[Pr]. The molecule has 3 aromatic rings. The number of carbonyl (C=O) groups is 1. The summed E-state index contributed by atoms with van der Waals surface area (Å²) in [5.41, 5.74) is 2.92. The Morgan fingerprint density at radius 3 is 2.49 bits per heavy atom. The maximum Gasteiger partial charge on any atom is 0.308 e. The van der Waals surface area contributed by atoms with Crippen molar-refractivity contribution in [2.75, 3.05) is 27.1 Å². The summed E-state index contributed by atoms with van der Waals surface area (Å²) in [5, 5.41) is 30.1. The van der Waals surface area contributed by atoms with Crippen molar-refractivity contribution in [1.82, 2.24) is 0 Å². The van der Waals surface area contributed by atoms with Crippen molar-refractivity contribution in [1.29, 1.82) is 0 Å². The van der Waals surface area contributed by atoms with E-state index in [0.29, 0.717) is 34.1 Å². The van der Waals surface area contributed by atoms with Crippen molar-refractivity contribution < 1.29 is 80.4 Å².